The predicted molar refractivity (Wildman–Crippen MR) is 113 cm³/mol. The molecule has 0 unspecified atom stereocenters. The number of hydrogen-bond acceptors (Lipinski definition) is 4. The van der Waals surface area contributed by atoms with Gasteiger partial charge in [-0.05, 0) is 49.2 Å². The Bertz CT molecular complexity index is 1060. The smallest absolute Gasteiger partial charge is 0.355 e. The average Bonchev–Trinajstić information content (AvgIpc) is 3.28. The fraction of sp³-hybridized carbons (Fsp3) is 0.227. The molecule has 0 aliphatic carbocycles. The molecule has 31 heavy (non-hydrogen) atoms. The van der Waals surface area contributed by atoms with Gasteiger partial charge < -0.3 is 15.5 Å². The minimum atomic E-state index is -4.57. The summed E-state index contributed by atoms with van der Waals surface area (Å²) in [5.74, 6) is 0.832. The number of halogens is 3. The number of para-hydroxylation sites is 1. The molecule has 1 aromatic heterocycles. The first-order valence-electron chi connectivity index (χ1n) is 9.83. The Hall–Kier alpha value is -3.62. The molecule has 1 aliphatic heterocycles. The molecule has 2 N–H and O–H groups in total. The van der Waals surface area contributed by atoms with Crippen LogP contribution in [0.15, 0.2) is 60.7 Å². The lowest BCUT2D eigenvalue weighted by atomic mass is 10.1. The van der Waals surface area contributed by atoms with Gasteiger partial charge in [0.1, 0.15) is 0 Å². The molecule has 160 valence electrons. The molecular weight excluding hydrogens is 407 g/mol. The normalized spacial score (nSPS) is 13.8. The molecule has 1 aliphatic rings. The third-order valence-corrected chi connectivity index (χ3v) is 4.98. The summed E-state index contributed by atoms with van der Waals surface area (Å²) >= 11 is 0. The van der Waals surface area contributed by atoms with Crippen molar-refractivity contribution in [2.75, 3.05) is 28.6 Å². The Kier molecular flexibility index (Phi) is 5.75. The topological polar surface area (TPSA) is 70.2 Å². The number of nitrogens with one attached hydrogen (secondary N) is 2. The summed E-state index contributed by atoms with van der Waals surface area (Å²) in [5, 5.41) is 13.4. The number of nitrogens with zero attached hydrogens (tertiary/aromatic N) is 3. The van der Waals surface area contributed by atoms with E-state index in [0.717, 1.165) is 43.4 Å². The van der Waals surface area contributed by atoms with Crippen LogP contribution in [-0.4, -0.2) is 29.3 Å². The zero-order valence-corrected chi connectivity index (χ0v) is 16.5. The van der Waals surface area contributed by atoms with Gasteiger partial charge in [-0.1, -0.05) is 24.3 Å². The maximum atomic E-state index is 13.1. The lowest BCUT2D eigenvalue weighted by Crippen LogP contribution is -2.21. The number of amides is 2. The first-order chi connectivity index (χ1) is 14.9. The SMILES string of the molecule is O=C(Nc1cccc(-c2ccc(N3CCCC3)nn2)c1)Nc1ccccc1C(F)(F)F. The van der Waals surface area contributed by atoms with E-state index in [0.29, 0.717) is 11.4 Å². The van der Waals surface area contributed by atoms with Gasteiger partial charge in [-0.2, -0.15) is 13.2 Å². The number of alkyl halides is 3. The molecule has 6 nitrogen and oxygen atoms in total. The Balaban J connectivity index is 1.46. The molecule has 1 fully saturated rings. The third kappa shape index (κ3) is 4.93. The number of carbonyl (C=O) groups excluding carboxylic acids is 1. The van der Waals surface area contributed by atoms with Crippen LogP contribution >= 0.6 is 0 Å². The van der Waals surface area contributed by atoms with Crippen molar-refractivity contribution in [3.8, 4) is 11.3 Å². The molecule has 2 aromatic carbocycles. The molecule has 1 saturated heterocycles. The van der Waals surface area contributed by atoms with E-state index in [2.05, 4.69) is 25.7 Å². The molecule has 0 atom stereocenters. The summed E-state index contributed by atoms with van der Waals surface area (Å²) in [6, 6.07) is 14.7. The van der Waals surface area contributed by atoms with Crippen LogP contribution in [0.1, 0.15) is 18.4 Å². The summed E-state index contributed by atoms with van der Waals surface area (Å²) in [6.07, 6.45) is -2.27. The fourth-order valence-corrected chi connectivity index (χ4v) is 3.47. The van der Waals surface area contributed by atoms with Gasteiger partial charge in [0.25, 0.3) is 0 Å². The van der Waals surface area contributed by atoms with Crippen molar-refractivity contribution in [1.29, 1.82) is 0 Å². The van der Waals surface area contributed by atoms with Crippen LogP contribution in [0.2, 0.25) is 0 Å². The first-order valence-corrected chi connectivity index (χ1v) is 9.83. The second-order valence-corrected chi connectivity index (χ2v) is 7.17. The highest BCUT2D eigenvalue weighted by Gasteiger charge is 2.33. The van der Waals surface area contributed by atoms with Gasteiger partial charge in [0, 0.05) is 24.3 Å². The highest BCUT2D eigenvalue weighted by molar-refractivity contribution is 6.00. The number of rotatable bonds is 4. The van der Waals surface area contributed by atoms with E-state index < -0.39 is 17.8 Å². The van der Waals surface area contributed by atoms with E-state index in [1.807, 2.05) is 18.2 Å². The van der Waals surface area contributed by atoms with Crippen molar-refractivity contribution in [3.63, 3.8) is 0 Å². The minimum Gasteiger partial charge on any atom is -0.355 e. The van der Waals surface area contributed by atoms with E-state index in [4.69, 9.17) is 0 Å². The van der Waals surface area contributed by atoms with Crippen molar-refractivity contribution < 1.29 is 18.0 Å². The number of hydrogen-bond donors (Lipinski definition) is 2. The Morgan fingerprint density at radius 2 is 1.68 bits per heavy atom. The molecule has 0 saturated carbocycles. The quantitative estimate of drug-likeness (QED) is 0.584. The van der Waals surface area contributed by atoms with Crippen molar-refractivity contribution in [2.45, 2.75) is 19.0 Å². The highest BCUT2D eigenvalue weighted by Crippen LogP contribution is 2.34. The maximum absolute atomic E-state index is 13.1. The van der Waals surface area contributed by atoms with Crippen LogP contribution in [0.25, 0.3) is 11.3 Å². The van der Waals surface area contributed by atoms with Crippen molar-refractivity contribution in [3.05, 3.63) is 66.2 Å². The summed E-state index contributed by atoms with van der Waals surface area (Å²) in [6.45, 7) is 1.94. The van der Waals surface area contributed by atoms with Gasteiger partial charge in [0.05, 0.1) is 16.9 Å². The minimum absolute atomic E-state index is 0.313. The van der Waals surface area contributed by atoms with E-state index in [1.165, 1.54) is 18.2 Å². The highest BCUT2D eigenvalue weighted by atomic mass is 19.4. The Labute approximate surface area is 177 Å². The van der Waals surface area contributed by atoms with Gasteiger partial charge in [-0.15, -0.1) is 10.2 Å². The maximum Gasteiger partial charge on any atom is 0.418 e. The average molecular weight is 427 g/mol. The Morgan fingerprint density at radius 3 is 2.39 bits per heavy atom. The van der Waals surface area contributed by atoms with Crippen molar-refractivity contribution in [2.24, 2.45) is 0 Å². The summed E-state index contributed by atoms with van der Waals surface area (Å²) in [4.78, 5) is 14.5. The van der Waals surface area contributed by atoms with Crippen molar-refractivity contribution in [1.82, 2.24) is 10.2 Å². The van der Waals surface area contributed by atoms with Gasteiger partial charge in [0.2, 0.25) is 0 Å². The molecule has 4 rings (SSSR count). The molecule has 2 amide bonds. The van der Waals surface area contributed by atoms with Crippen LogP contribution in [0.4, 0.5) is 35.2 Å². The Morgan fingerprint density at radius 1 is 0.903 bits per heavy atom. The van der Waals surface area contributed by atoms with Crippen LogP contribution in [0.5, 0.6) is 0 Å². The molecule has 9 heteroatoms. The monoisotopic (exact) mass is 427 g/mol. The zero-order chi connectivity index (χ0) is 21.8. The van der Waals surface area contributed by atoms with Gasteiger partial charge in [-0.3, -0.25) is 0 Å². The number of benzene rings is 2. The number of anilines is 3. The van der Waals surface area contributed by atoms with Gasteiger partial charge in [0.15, 0.2) is 5.82 Å². The predicted octanol–water partition coefficient (Wildman–Crippen LogP) is 5.41. The first kappa shape index (κ1) is 20.6. The fourth-order valence-electron chi connectivity index (χ4n) is 3.47. The molecular formula is C22H20F3N5O. The van der Waals surface area contributed by atoms with Crippen LogP contribution in [-0.2, 0) is 6.18 Å². The second-order valence-electron chi connectivity index (χ2n) is 7.17. The number of carbonyl (C=O) groups is 1. The lowest BCUT2D eigenvalue weighted by molar-refractivity contribution is -0.136. The van der Waals surface area contributed by atoms with E-state index in [9.17, 15) is 18.0 Å². The lowest BCUT2D eigenvalue weighted by Gasteiger charge is -2.15. The van der Waals surface area contributed by atoms with Crippen molar-refractivity contribution >= 4 is 23.2 Å². The molecule has 3 aromatic rings. The van der Waals surface area contributed by atoms with Crippen LogP contribution in [0, 0.1) is 0 Å². The molecule has 0 bridgehead atoms. The second kappa shape index (κ2) is 8.63. The number of aromatic nitrogens is 2. The summed E-state index contributed by atoms with van der Waals surface area (Å²) < 4.78 is 39.3. The van der Waals surface area contributed by atoms with E-state index >= 15 is 0 Å². The van der Waals surface area contributed by atoms with Crippen LogP contribution < -0.4 is 15.5 Å². The standard InChI is InChI=1S/C22H20F3N5O/c23-22(24,25)17-8-1-2-9-19(17)27-21(31)26-16-7-5-6-15(14-16)18-10-11-20(29-28-18)30-12-3-4-13-30/h1-2,5-11,14H,3-4,12-13H2,(H2,26,27,31). The van der Waals surface area contributed by atoms with E-state index in [-0.39, 0.29) is 5.69 Å². The molecule has 0 radical (unpaired) electrons. The van der Waals surface area contributed by atoms with Crippen LogP contribution in [0.3, 0.4) is 0 Å². The zero-order valence-electron chi connectivity index (χ0n) is 16.5. The number of urea groups is 1. The third-order valence-electron chi connectivity index (χ3n) is 4.98. The van der Waals surface area contributed by atoms with Gasteiger partial charge >= 0.3 is 12.2 Å². The molecule has 0 spiro atoms. The largest absolute Gasteiger partial charge is 0.418 e. The summed E-state index contributed by atoms with van der Waals surface area (Å²) in [7, 11) is 0. The van der Waals surface area contributed by atoms with Gasteiger partial charge in [-0.25, -0.2) is 4.79 Å². The molecule has 2 heterocycles. The van der Waals surface area contributed by atoms with E-state index in [1.54, 1.807) is 18.2 Å². The summed E-state index contributed by atoms with van der Waals surface area (Å²) in [5.41, 5.74) is 0.563.